The molecule has 6 nitrogen and oxygen atoms in total. The molecule has 2 heterocycles. The molecule has 3 rings (SSSR count). The number of carbonyl (C=O) groups is 2. The molecule has 0 aliphatic carbocycles. The molecule has 1 aromatic heterocycles. The van der Waals surface area contributed by atoms with E-state index in [1.54, 1.807) is 55.7 Å². The quantitative estimate of drug-likeness (QED) is 0.878. The monoisotopic (exact) mass is 306 g/mol. The van der Waals surface area contributed by atoms with Crippen molar-refractivity contribution in [2.24, 2.45) is 0 Å². The zero-order valence-electron chi connectivity index (χ0n) is 12.5. The molecular weight excluding hydrogens is 292 g/mol. The molecule has 2 aromatic rings. The van der Waals surface area contributed by atoms with E-state index in [-0.39, 0.29) is 12.5 Å². The summed E-state index contributed by atoms with van der Waals surface area (Å²) in [6.45, 7) is 1.71. The minimum absolute atomic E-state index is 0.0598. The van der Waals surface area contributed by atoms with Crippen molar-refractivity contribution in [3.05, 3.63) is 65.5 Å². The minimum atomic E-state index is -1.15. The van der Waals surface area contributed by atoms with E-state index in [1.165, 1.54) is 0 Å². The van der Waals surface area contributed by atoms with Crippen LogP contribution in [-0.2, 0) is 16.9 Å². The first-order chi connectivity index (χ1) is 11.1. The topological polar surface area (TPSA) is 86.1 Å². The number of hydrogen-bond acceptors (Lipinski definition) is 4. The highest BCUT2D eigenvalue weighted by atomic mass is 16.2. The van der Waals surface area contributed by atoms with E-state index < -0.39 is 11.6 Å². The molecule has 1 saturated heterocycles. The van der Waals surface area contributed by atoms with Crippen LogP contribution >= 0.6 is 0 Å². The van der Waals surface area contributed by atoms with Gasteiger partial charge in [-0.2, -0.15) is 5.26 Å². The summed E-state index contributed by atoms with van der Waals surface area (Å²) in [6, 6.07) is 12.0. The number of urea groups is 1. The van der Waals surface area contributed by atoms with Crippen LogP contribution in [0.25, 0.3) is 0 Å². The van der Waals surface area contributed by atoms with Crippen molar-refractivity contribution in [1.82, 2.24) is 15.2 Å². The molecule has 1 N–H and O–H groups in total. The van der Waals surface area contributed by atoms with Crippen LogP contribution in [0.1, 0.15) is 23.6 Å². The van der Waals surface area contributed by atoms with Crippen LogP contribution in [0.15, 0.2) is 48.8 Å². The number of carbonyl (C=O) groups excluding carboxylic acids is 2. The van der Waals surface area contributed by atoms with Gasteiger partial charge in [0, 0.05) is 18.0 Å². The molecular formula is C17H14N4O2. The molecule has 1 atom stereocenters. The van der Waals surface area contributed by atoms with Gasteiger partial charge in [-0.15, -0.1) is 0 Å². The van der Waals surface area contributed by atoms with Crippen molar-refractivity contribution < 1.29 is 9.59 Å². The van der Waals surface area contributed by atoms with Crippen LogP contribution in [0.4, 0.5) is 4.79 Å². The highest BCUT2D eigenvalue weighted by molar-refractivity contribution is 6.07. The normalized spacial score (nSPS) is 20.3. The van der Waals surface area contributed by atoms with E-state index in [0.717, 1.165) is 4.90 Å². The smallest absolute Gasteiger partial charge is 0.319 e. The average Bonchev–Trinajstić information content (AvgIpc) is 2.80. The first kappa shape index (κ1) is 14.7. The maximum absolute atomic E-state index is 12.8. The summed E-state index contributed by atoms with van der Waals surface area (Å²) in [5.74, 6) is -0.358. The van der Waals surface area contributed by atoms with Gasteiger partial charge < -0.3 is 5.32 Å². The Kier molecular flexibility index (Phi) is 3.54. The molecule has 3 amide bonds. The molecule has 0 bridgehead atoms. The Balaban J connectivity index is 1.92. The van der Waals surface area contributed by atoms with Gasteiger partial charge in [-0.1, -0.05) is 24.3 Å². The third-order valence-corrected chi connectivity index (χ3v) is 3.98. The maximum atomic E-state index is 12.8. The molecule has 0 saturated carbocycles. The third kappa shape index (κ3) is 2.42. The number of nitrogens with one attached hydrogen (secondary N) is 1. The summed E-state index contributed by atoms with van der Waals surface area (Å²) in [6.07, 6.45) is 3.17. The Morgan fingerprint density at radius 1 is 1.26 bits per heavy atom. The average molecular weight is 306 g/mol. The van der Waals surface area contributed by atoms with Crippen LogP contribution in [0.3, 0.4) is 0 Å². The van der Waals surface area contributed by atoms with Crippen LogP contribution in [0.2, 0.25) is 0 Å². The summed E-state index contributed by atoms with van der Waals surface area (Å²) >= 11 is 0. The number of amides is 3. The van der Waals surface area contributed by atoms with Crippen molar-refractivity contribution in [2.75, 3.05) is 0 Å². The lowest BCUT2D eigenvalue weighted by atomic mass is 9.93. The van der Waals surface area contributed by atoms with Crippen LogP contribution < -0.4 is 5.32 Å². The fraction of sp³-hybridized carbons (Fsp3) is 0.176. The van der Waals surface area contributed by atoms with Crippen molar-refractivity contribution in [3.63, 3.8) is 0 Å². The Hall–Kier alpha value is -3.20. The van der Waals surface area contributed by atoms with E-state index in [9.17, 15) is 9.59 Å². The van der Waals surface area contributed by atoms with Crippen molar-refractivity contribution in [2.45, 2.75) is 19.0 Å². The lowest BCUT2D eigenvalue weighted by molar-refractivity contribution is -0.131. The predicted octanol–water partition coefficient (Wildman–Crippen LogP) is 1.92. The molecule has 23 heavy (non-hydrogen) atoms. The van der Waals surface area contributed by atoms with Gasteiger partial charge in [0.05, 0.1) is 18.2 Å². The molecule has 1 fully saturated rings. The zero-order chi connectivity index (χ0) is 16.4. The molecule has 1 aromatic carbocycles. The second-order valence-electron chi connectivity index (χ2n) is 5.46. The molecule has 114 valence electrons. The van der Waals surface area contributed by atoms with Crippen LogP contribution in [0, 0.1) is 11.3 Å². The van der Waals surface area contributed by atoms with Crippen LogP contribution in [0.5, 0.6) is 0 Å². The minimum Gasteiger partial charge on any atom is -0.319 e. The van der Waals surface area contributed by atoms with Gasteiger partial charge in [-0.25, -0.2) is 4.79 Å². The summed E-state index contributed by atoms with van der Waals surface area (Å²) in [5.41, 5.74) is 0.555. The van der Waals surface area contributed by atoms with Gasteiger partial charge in [-0.3, -0.25) is 14.7 Å². The van der Waals surface area contributed by atoms with E-state index >= 15 is 0 Å². The predicted molar refractivity (Wildman–Crippen MR) is 81.8 cm³/mol. The summed E-state index contributed by atoms with van der Waals surface area (Å²) in [7, 11) is 0. The molecule has 1 aliphatic rings. The third-order valence-electron chi connectivity index (χ3n) is 3.98. The lowest BCUT2D eigenvalue weighted by Crippen LogP contribution is -2.40. The van der Waals surface area contributed by atoms with Crippen molar-refractivity contribution >= 4 is 11.9 Å². The Labute approximate surface area is 133 Å². The van der Waals surface area contributed by atoms with E-state index in [2.05, 4.69) is 16.4 Å². The number of nitriles is 1. The number of hydrogen-bond donors (Lipinski definition) is 1. The Morgan fingerprint density at radius 3 is 2.74 bits per heavy atom. The number of pyridine rings is 1. The highest BCUT2D eigenvalue weighted by Gasteiger charge is 2.49. The lowest BCUT2D eigenvalue weighted by Gasteiger charge is -2.21. The Bertz CT molecular complexity index is 813. The zero-order valence-corrected chi connectivity index (χ0v) is 12.5. The molecule has 1 unspecified atom stereocenters. The van der Waals surface area contributed by atoms with Gasteiger partial charge >= 0.3 is 6.03 Å². The first-order valence-electron chi connectivity index (χ1n) is 7.09. The number of nitrogens with zero attached hydrogens (tertiary/aromatic N) is 3. The Morgan fingerprint density at radius 2 is 2.04 bits per heavy atom. The van der Waals surface area contributed by atoms with Gasteiger partial charge in [0.2, 0.25) is 0 Å². The van der Waals surface area contributed by atoms with Gasteiger partial charge in [-0.05, 0) is 24.6 Å². The van der Waals surface area contributed by atoms with E-state index in [1.807, 2.05) is 0 Å². The van der Waals surface area contributed by atoms with E-state index in [4.69, 9.17) is 5.26 Å². The number of rotatable bonds is 3. The fourth-order valence-electron chi connectivity index (χ4n) is 2.63. The SMILES string of the molecule is CC1(c2cccnc2)NC(=O)N(Cc2ccccc2C#N)C1=O. The van der Waals surface area contributed by atoms with Gasteiger partial charge in [0.15, 0.2) is 0 Å². The number of aromatic nitrogens is 1. The molecule has 0 spiro atoms. The first-order valence-corrected chi connectivity index (χ1v) is 7.09. The fourth-order valence-corrected chi connectivity index (χ4v) is 2.63. The van der Waals surface area contributed by atoms with Gasteiger partial charge in [0.25, 0.3) is 5.91 Å². The summed E-state index contributed by atoms with van der Waals surface area (Å²) < 4.78 is 0. The molecule has 6 heteroatoms. The molecule has 1 aliphatic heterocycles. The van der Waals surface area contributed by atoms with E-state index in [0.29, 0.717) is 16.7 Å². The standard InChI is InChI=1S/C17H14N4O2/c1-17(14-7-4-8-19-10-14)15(22)21(16(23)20-17)11-13-6-3-2-5-12(13)9-18/h2-8,10H,11H2,1H3,(H,20,23). The van der Waals surface area contributed by atoms with Crippen molar-refractivity contribution in [1.29, 1.82) is 5.26 Å². The van der Waals surface area contributed by atoms with Crippen molar-refractivity contribution in [3.8, 4) is 6.07 Å². The summed E-state index contributed by atoms with van der Waals surface area (Å²) in [5, 5.41) is 11.9. The maximum Gasteiger partial charge on any atom is 0.325 e. The second-order valence-corrected chi connectivity index (χ2v) is 5.46. The van der Waals surface area contributed by atoms with Crippen LogP contribution in [-0.4, -0.2) is 21.8 Å². The number of imide groups is 1. The second kappa shape index (κ2) is 5.54. The largest absolute Gasteiger partial charge is 0.325 e. The summed E-state index contributed by atoms with van der Waals surface area (Å²) in [4.78, 5) is 30.2. The molecule has 0 radical (unpaired) electrons. The van der Waals surface area contributed by atoms with Gasteiger partial charge in [0.1, 0.15) is 5.54 Å². The number of benzene rings is 1. The highest BCUT2D eigenvalue weighted by Crippen LogP contribution is 2.29.